The molecule has 4 nitrogen and oxygen atoms in total. The minimum atomic E-state index is 0.108. The molecule has 0 bridgehead atoms. The molecule has 0 saturated carbocycles. The van der Waals surface area contributed by atoms with E-state index in [9.17, 15) is 4.79 Å². The van der Waals surface area contributed by atoms with Crippen LogP contribution >= 0.6 is 0 Å². The van der Waals surface area contributed by atoms with Crippen LogP contribution in [-0.2, 0) is 4.79 Å². The fraction of sp³-hybridized carbons (Fsp3) is 0.933. The summed E-state index contributed by atoms with van der Waals surface area (Å²) in [6.07, 6.45) is 4.05. The van der Waals surface area contributed by atoms with Crippen molar-refractivity contribution in [2.75, 3.05) is 26.7 Å². The number of hydrogen-bond acceptors (Lipinski definition) is 3. The van der Waals surface area contributed by atoms with Crippen LogP contribution in [0.15, 0.2) is 0 Å². The molecule has 1 fully saturated rings. The topological polar surface area (TPSA) is 49.6 Å². The van der Waals surface area contributed by atoms with Crippen molar-refractivity contribution in [3.8, 4) is 0 Å². The highest BCUT2D eigenvalue weighted by Gasteiger charge is 2.28. The lowest BCUT2D eigenvalue weighted by atomic mass is 9.99. The van der Waals surface area contributed by atoms with Gasteiger partial charge < -0.3 is 15.5 Å². The zero-order valence-electron chi connectivity index (χ0n) is 13.1. The number of hydrogen-bond donors (Lipinski definition) is 1. The Hall–Kier alpha value is -0.610. The smallest absolute Gasteiger partial charge is 0.225 e. The van der Waals surface area contributed by atoms with Gasteiger partial charge in [-0.25, -0.2) is 0 Å². The molecule has 1 heterocycles. The molecule has 19 heavy (non-hydrogen) atoms. The molecule has 1 aliphatic rings. The minimum Gasteiger partial charge on any atom is -0.342 e. The number of nitrogens with zero attached hydrogens (tertiary/aromatic N) is 2. The Bertz CT molecular complexity index is 273. The Kier molecular flexibility index (Phi) is 6.80. The number of carbonyl (C=O) groups is 1. The summed E-state index contributed by atoms with van der Waals surface area (Å²) in [5.41, 5.74) is 5.51. The third-order valence-electron chi connectivity index (χ3n) is 4.39. The Morgan fingerprint density at radius 1 is 1.32 bits per heavy atom. The van der Waals surface area contributed by atoms with Crippen molar-refractivity contribution in [2.45, 2.75) is 58.5 Å². The molecule has 1 amide bonds. The third-order valence-corrected chi connectivity index (χ3v) is 4.39. The minimum absolute atomic E-state index is 0.108. The number of rotatable bonds is 6. The molecule has 0 aromatic rings. The van der Waals surface area contributed by atoms with Gasteiger partial charge in [0.1, 0.15) is 0 Å². The maximum atomic E-state index is 12.3. The van der Waals surface area contributed by atoms with Crippen LogP contribution in [0, 0.1) is 5.92 Å². The predicted octanol–water partition coefficient (Wildman–Crippen LogP) is 1.69. The molecular formula is C15H31N3O. The number of likely N-dealkylation sites (tertiary alicyclic amines) is 1. The average Bonchev–Trinajstić information content (AvgIpc) is 2.43. The van der Waals surface area contributed by atoms with Gasteiger partial charge in [0.05, 0.1) is 0 Å². The van der Waals surface area contributed by atoms with E-state index in [1.54, 1.807) is 0 Å². The summed E-state index contributed by atoms with van der Waals surface area (Å²) in [7, 11) is 1.97. The fourth-order valence-electron chi connectivity index (χ4n) is 2.86. The molecule has 2 N–H and O–H groups in total. The van der Waals surface area contributed by atoms with Gasteiger partial charge in [0.15, 0.2) is 0 Å². The van der Waals surface area contributed by atoms with Gasteiger partial charge in [-0.2, -0.15) is 0 Å². The Morgan fingerprint density at radius 3 is 2.37 bits per heavy atom. The van der Waals surface area contributed by atoms with Crippen LogP contribution in [0.1, 0.15) is 46.5 Å². The molecule has 0 aromatic carbocycles. The van der Waals surface area contributed by atoms with Gasteiger partial charge in [0.2, 0.25) is 5.91 Å². The molecule has 112 valence electrons. The van der Waals surface area contributed by atoms with Crippen LogP contribution in [-0.4, -0.2) is 54.5 Å². The van der Waals surface area contributed by atoms with Gasteiger partial charge >= 0.3 is 0 Å². The summed E-state index contributed by atoms with van der Waals surface area (Å²) < 4.78 is 0. The average molecular weight is 269 g/mol. The van der Waals surface area contributed by atoms with E-state index in [0.29, 0.717) is 18.6 Å². The summed E-state index contributed by atoms with van der Waals surface area (Å²) in [5.74, 6) is 0.396. The number of piperidine rings is 1. The molecule has 0 radical (unpaired) electrons. The van der Waals surface area contributed by atoms with Crippen molar-refractivity contribution in [2.24, 2.45) is 11.7 Å². The first-order chi connectivity index (χ1) is 8.97. The Morgan fingerprint density at radius 2 is 1.89 bits per heavy atom. The van der Waals surface area contributed by atoms with Crippen molar-refractivity contribution >= 4 is 5.91 Å². The normalized spacial score (nSPS) is 19.7. The molecule has 1 aliphatic heterocycles. The van der Waals surface area contributed by atoms with Crippen molar-refractivity contribution < 1.29 is 4.79 Å². The van der Waals surface area contributed by atoms with Crippen LogP contribution in [0.3, 0.4) is 0 Å². The van der Waals surface area contributed by atoms with E-state index in [1.807, 2.05) is 18.9 Å². The second-order valence-electron chi connectivity index (χ2n) is 6.14. The van der Waals surface area contributed by atoms with Gasteiger partial charge in [-0.3, -0.25) is 4.79 Å². The Balaban J connectivity index is 2.41. The molecule has 4 heteroatoms. The fourth-order valence-corrected chi connectivity index (χ4v) is 2.86. The lowest BCUT2D eigenvalue weighted by Gasteiger charge is -2.39. The second kappa shape index (κ2) is 7.85. The first-order valence-electron chi connectivity index (χ1n) is 7.68. The highest BCUT2D eigenvalue weighted by atomic mass is 16.2. The summed E-state index contributed by atoms with van der Waals surface area (Å²) in [5, 5.41) is 0. The van der Waals surface area contributed by atoms with Crippen LogP contribution in [0.4, 0.5) is 0 Å². The van der Waals surface area contributed by atoms with Gasteiger partial charge in [-0.1, -0.05) is 6.92 Å². The number of amides is 1. The second-order valence-corrected chi connectivity index (χ2v) is 6.14. The molecule has 0 aliphatic carbocycles. The highest BCUT2D eigenvalue weighted by Crippen LogP contribution is 2.19. The molecular weight excluding hydrogens is 238 g/mol. The van der Waals surface area contributed by atoms with Gasteiger partial charge in [-0.05, 0) is 46.1 Å². The number of carbonyl (C=O) groups excluding carboxylic acids is 1. The monoisotopic (exact) mass is 269 g/mol. The zero-order chi connectivity index (χ0) is 14.4. The summed E-state index contributed by atoms with van der Waals surface area (Å²) in [6.45, 7) is 9.40. The highest BCUT2D eigenvalue weighted by molar-refractivity contribution is 5.78. The first-order valence-corrected chi connectivity index (χ1v) is 7.68. The molecule has 0 aromatic heterocycles. The largest absolute Gasteiger partial charge is 0.342 e. The van der Waals surface area contributed by atoms with Crippen molar-refractivity contribution in [3.05, 3.63) is 0 Å². The van der Waals surface area contributed by atoms with E-state index in [0.717, 1.165) is 38.8 Å². The van der Waals surface area contributed by atoms with Gasteiger partial charge in [0, 0.05) is 38.1 Å². The van der Waals surface area contributed by atoms with Crippen LogP contribution in [0.2, 0.25) is 0 Å². The first kappa shape index (κ1) is 16.4. The van der Waals surface area contributed by atoms with Gasteiger partial charge in [0.25, 0.3) is 0 Å². The third kappa shape index (κ3) is 4.77. The van der Waals surface area contributed by atoms with Crippen molar-refractivity contribution in [1.82, 2.24) is 9.80 Å². The molecule has 1 rings (SSSR count). The SMILES string of the molecule is CC(CCCN)C(=O)N(C)C1CCN(C(C)C)CC1. The summed E-state index contributed by atoms with van der Waals surface area (Å²) in [4.78, 5) is 16.8. The van der Waals surface area contributed by atoms with E-state index in [2.05, 4.69) is 18.7 Å². The maximum absolute atomic E-state index is 12.3. The van der Waals surface area contributed by atoms with Crippen molar-refractivity contribution in [3.63, 3.8) is 0 Å². The number of nitrogens with two attached hydrogens (primary N) is 1. The van der Waals surface area contributed by atoms with E-state index < -0.39 is 0 Å². The Labute approximate surface area is 118 Å². The van der Waals surface area contributed by atoms with E-state index in [-0.39, 0.29) is 11.8 Å². The predicted molar refractivity (Wildman–Crippen MR) is 80.0 cm³/mol. The lowest BCUT2D eigenvalue weighted by Crippen LogP contribution is -2.48. The van der Waals surface area contributed by atoms with Crippen molar-refractivity contribution in [1.29, 1.82) is 0 Å². The van der Waals surface area contributed by atoms with Gasteiger partial charge in [-0.15, -0.1) is 0 Å². The molecule has 0 spiro atoms. The standard InChI is InChI=1S/C15H31N3O/c1-12(2)18-10-7-14(8-11-18)17(4)15(19)13(3)6-5-9-16/h12-14H,5-11,16H2,1-4H3. The van der Waals surface area contributed by atoms with Crippen LogP contribution in [0.5, 0.6) is 0 Å². The molecule has 1 unspecified atom stereocenters. The van der Waals surface area contributed by atoms with E-state index in [4.69, 9.17) is 5.73 Å². The molecule has 1 atom stereocenters. The summed E-state index contributed by atoms with van der Waals surface area (Å²) in [6, 6.07) is 1.04. The van der Waals surface area contributed by atoms with Crippen LogP contribution in [0.25, 0.3) is 0 Å². The lowest BCUT2D eigenvalue weighted by molar-refractivity contribution is -0.137. The van der Waals surface area contributed by atoms with E-state index in [1.165, 1.54) is 0 Å². The zero-order valence-corrected chi connectivity index (χ0v) is 13.1. The molecule has 1 saturated heterocycles. The van der Waals surface area contributed by atoms with E-state index >= 15 is 0 Å². The van der Waals surface area contributed by atoms with Crippen LogP contribution < -0.4 is 5.73 Å². The summed E-state index contributed by atoms with van der Waals surface area (Å²) >= 11 is 0. The maximum Gasteiger partial charge on any atom is 0.225 e. The quantitative estimate of drug-likeness (QED) is 0.798.